The molecule has 2 N–H and O–H groups in total. The number of fused-ring (bicyclic) bond motifs is 3. The zero-order chi connectivity index (χ0) is 25.1. The highest BCUT2D eigenvalue weighted by Gasteiger charge is 2.21. The fraction of sp³-hybridized carbons (Fsp3) is 0.346. The molecule has 0 bridgehead atoms. The first-order valence-electron chi connectivity index (χ1n) is 11.8. The van der Waals surface area contributed by atoms with Gasteiger partial charge in [0.25, 0.3) is 11.5 Å². The molecule has 4 rings (SSSR count). The maximum atomic E-state index is 14.0. The van der Waals surface area contributed by atoms with Crippen molar-refractivity contribution in [1.29, 1.82) is 0 Å². The third-order valence-electron chi connectivity index (χ3n) is 6.32. The molecular weight excluding hydrogens is 466 g/mol. The molecule has 0 radical (unpaired) electrons. The Morgan fingerprint density at radius 3 is 2.66 bits per heavy atom. The van der Waals surface area contributed by atoms with Gasteiger partial charge < -0.3 is 24.5 Å². The Labute approximate surface area is 208 Å². The van der Waals surface area contributed by atoms with Crippen LogP contribution in [-0.4, -0.2) is 58.6 Å². The number of nitrogens with zero attached hydrogens (tertiary/aromatic N) is 3. The second-order valence-electron chi connectivity index (χ2n) is 8.24. The third-order valence-corrected chi connectivity index (χ3v) is 6.73. The molecule has 0 aliphatic carbocycles. The van der Waals surface area contributed by atoms with E-state index in [1.54, 1.807) is 29.0 Å². The number of halogens is 1. The van der Waals surface area contributed by atoms with Crippen LogP contribution in [0.15, 0.2) is 41.5 Å². The van der Waals surface area contributed by atoms with Crippen LogP contribution in [0.4, 0.5) is 0 Å². The number of likely N-dealkylation sites (N-methyl/N-ethyl adjacent to an activating group) is 1. The first-order chi connectivity index (χ1) is 16.9. The summed E-state index contributed by atoms with van der Waals surface area (Å²) in [7, 11) is 1.52. The van der Waals surface area contributed by atoms with Crippen molar-refractivity contribution in [3.63, 3.8) is 0 Å². The quantitative estimate of drug-likeness (QED) is 0.361. The zero-order valence-electron chi connectivity index (χ0n) is 20.4. The van der Waals surface area contributed by atoms with Crippen molar-refractivity contribution in [3.05, 3.63) is 57.6 Å². The molecule has 1 amide bonds. The Balaban J connectivity index is 2.00. The molecule has 0 unspecified atom stereocenters. The number of methoxy groups -OCH3 is 1. The lowest BCUT2D eigenvalue weighted by Crippen LogP contribution is -2.31. The second kappa shape index (κ2) is 10.5. The Morgan fingerprint density at radius 1 is 1.20 bits per heavy atom. The van der Waals surface area contributed by atoms with E-state index in [2.05, 4.69) is 34.0 Å². The number of pyridine rings is 2. The Kier molecular flexibility index (Phi) is 7.42. The Hall–Kier alpha value is -3.36. The molecule has 0 saturated carbocycles. The molecule has 184 valence electrons. The molecule has 3 heterocycles. The van der Waals surface area contributed by atoms with Gasteiger partial charge in [0.05, 0.1) is 23.2 Å². The lowest BCUT2D eigenvalue weighted by Gasteiger charge is -2.21. The number of hydrogen-bond donors (Lipinski definition) is 2. The predicted octanol–water partition coefficient (Wildman–Crippen LogP) is 4.30. The van der Waals surface area contributed by atoms with E-state index in [1.807, 2.05) is 19.2 Å². The normalized spacial score (nSPS) is 11.5. The van der Waals surface area contributed by atoms with Crippen LogP contribution in [0.5, 0.6) is 5.75 Å². The topological polar surface area (TPSA) is 92.2 Å². The molecule has 0 fully saturated rings. The van der Waals surface area contributed by atoms with E-state index in [-0.39, 0.29) is 22.1 Å². The minimum atomic E-state index is -0.323. The highest BCUT2D eigenvalue weighted by Crippen LogP contribution is 2.35. The molecule has 0 aliphatic rings. The lowest BCUT2D eigenvalue weighted by atomic mass is 10.0. The Bertz CT molecular complexity index is 1440. The average Bonchev–Trinajstić information content (AvgIpc) is 3.35. The van der Waals surface area contributed by atoms with Crippen LogP contribution < -0.4 is 15.6 Å². The van der Waals surface area contributed by atoms with Crippen LogP contribution in [0.3, 0.4) is 0 Å². The van der Waals surface area contributed by atoms with Crippen LogP contribution >= 0.6 is 11.6 Å². The summed E-state index contributed by atoms with van der Waals surface area (Å²) in [5.41, 5.74) is 2.46. The van der Waals surface area contributed by atoms with E-state index in [1.165, 1.54) is 7.11 Å². The molecule has 1 aromatic carbocycles. The molecule has 35 heavy (non-hydrogen) atoms. The van der Waals surface area contributed by atoms with Crippen LogP contribution in [0.2, 0.25) is 5.02 Å². The summed E-state index contributed by atoms with van der Waals surface area (Å²) in [6, 6.07) is 7.02. The molecule has 0 aliphatic heterocycles. The molecule has 0 spiro atoms. The van der Waals surface area contributed by atoms with Gasteiger partial charge in [-0.3, -0.25) is 9.59 Å². The van der Waals surface area contributed by atoms with Gasteiger partial charge in [0.15, 0.2) is 0 Å². The number of benzene rings is 1. The summed E-state index contributed by atoms with van der Waals surface area (Å²) in [5, 5.41) is 4.67. The van der Waals surface area contributed by atoms with Crippen molar-refractivity contribution in [3.8, 4) is 16.9 Å². The maximum Gasteiger partial charge on any atom is 0.259 e. The number of H-pyrrole nitrogens is 1. The van der Waals surface area contributed by atoms with Crippen molar-refractivity contribution in [2.75, 3.05) is 33.3 Å². The molecule has 0 atom stereocenters. The van der Waals surface area contributed by atoms with E-state index < -0.39 is 0 Å². The fourth-order valence-electron chi connectivity index (χ4n) is 4.40. The van der Waals surface area contributed by atoms with Gasteiger partial charge >= 0.3 is 0 Å². The van der Waals surface area contributed by atoms with E-state index in [4.69, 9.17) is 16.3 Å². The molecule has 0 saturated heterocycles. The fourth-order valence-corrected chi connectivity index (χ4v) is 4.70. The summed E-state index contributed by atoms with van der Waals surface area (Å²) < 4.78 is 7.24. The lowest BCUT2D eigenvalue weighted by molar-refractivity contribution is 0.0955. The van der Waals surface area contributed by atoms with Crippen molar-refractivity contribution in [2.45, 2.75) is 27.3 Å². The van der Waals surface area contributed by atoms with Gasteiger partial charge in [-0.25, -0.2) is 4.98 Å². The van der Waals surface area contributed by atoms with Gasteiger partial charge in [-0.2, -0.15) is 0 Å². The standard InChI is InChI=1S/C26H30ClN5O3/c1-5-28-25(33)21-14-17(35-4)13-19(22(21)27)20-12-16-15-30-24-18(8-9-29-24)23(16)32(26(20)34)11-10-31(6-2)7-3/h8-9,12-15H,5-7,10-11H2,1-4H3,(H,28,33)(H,29,30). The minimum Gasteiger partial charge on any atom is -0.497 e. The maximum absolute atomic E-state index is 14.0. The number of rotatable bonds is 9. The SMILES string of the molecule is CCNC(=O)c1cc(OC)cc(-c2cc3cnc4[nH]ccc4c3n(CCN(CC)CC)c2=O)c1Cl. The third kappa shape index (κ3) is 4.63. The molecule has 9 heteroatoms. The highest BCUT2D eigenvalue weighted by atomic mass is 35.5. The van der Waals surface area contributed by atoms with E-state index in [9.17, 15) is 9.59 Å². The number of carbonyl (C=O) groups is 1. The van der Waals surface area contributed by atoms with E-state index in [0.717, 1.165) is 41.6 Å². The van der Waals surface area contributed by atoms with Gasteiger partial charge in [0.1, 0.15) is 11.4 Å². The molecular formula is C26H30ClN5O3. The zero-order valence-corrected chi connectivity index (χ0v) is 21.2. The minimum absolute atomic E-state index is 0.185. The predicted molar refractivity (Wildman–Crippen MR) is 141 cm³/mol. The van der Waals surface area contributed by atoms with Crippen LogP contribution in [0, 0.1) is 0 Å². The summed E-state index contributed by atoms with van der Waals surface area (Å²) >= 11 is 6.73. The number of aromatic nitrogens is 3. The van der Waals surface area contributed by atoms with E-state index >= 15 is 0 Å². The van der Waals surface area contributed by atoms with Gasteiger partial charge in [0, 0.05) is 53.9 Å². The summed E-state index contributed by atoms with van der Waals surface area (Å²) in [5.74, 6) is 0.120. The number of ether oxygens (including phenoxy) is 1. The molecule has 4 aromatic rings. The molecule has 3 aromatic heterocycles. The number of aromatic amines is 1. The number of hydrogen-bond acceptors (Lipinski definition) is 5. The molecule has 8 nitrogen and oxygen atoms in total. The van der Waals surface area contributed by atoms with Gasteiger partial charge in [-0.1, -0.05) is 25.4 Å². The second-order valence-corrected chi connectivity index (χ2v) is 8.62. The largest absolute Gasteiger partial charge is 0.497 e. The summed E-state index contributed by atoms with van der Waals surface area (Å²) in [6.45, 7) is 9.49. The van der Waals surface area contributed by atoms with Gasteiger partial charge in [-0.05, 0) is 44.3 Å². The smallest absolute Gasteiger partial charge is 0.259 e. The first kappa shape index (κ1) is 24.8. The van der Waals surface area contributed by atoms with Crippen molar-refractivity contribution < 1.29 is 9.53 Å². The van der Waals surface area contributed by atoms with Crippen LogP contribution in [0.25, 0.3) is 33.1 Å². The summed E-state index contributed by atoms with van der Waals surface area (Å²) in [4.78, 5) is 36.6. The average molecular weight is 496 g/mol. The van der Waals surface area contributed by atoms with Crippen molar-refractivity contribution >= 4 is 39.4 Å². The van der Waals surface area contributed by atoms with E-state index in [0.29, 0.717) is 30.0 Å². The first-order valence-corrected chi connectivity index (χ1v) is 12.2. The Morgan fingerprint density at radius 2 is 1.97 bits per heavy atom. The number of nitrogens with one attached hydrogen (secondary N) is 2. The number of amides is 1. The van der Waals surface area contributed by atoms with Crippen molar-refractivity contribution in [2.24, 2.45) is 0 Å². The van der Waals surface area contributed by atoms with Gasteiger partial charge in [0.2, 0.25) is 0 Å². The van der Waals surface area contributed by atoms with Crippen molar-refractivity contribution in [1.82, 2.24) is 24.8 Å². The van der Waals surface area contributed by atoms with Crippen LogP contribution in [0.1, 0.15) is 31.1 Å². The highest BCUT2D eigenvalue weighted by molar-refractivity contribution is 6.36. The monoisotopic (exact) mass is 495 g/mol. The van der Waals surface area contributed by atoms with Crippen LogP contribution in [-0.2, 0) is 6.54 Å². The number of carbonyl (C=O) groups excluding carboxylic acids is 1. The summed E-state index contributed by atoms with van der Waals surface area (Å²) in [6.07, 6.45) is 3.57. The van der Waals surface area contributed by atoms with Gasteiger partial charge in [-0.15, -0.1) is 0 Å².